The second-order valence-corrected chi connectivity index (χ2v) is 6.52. The van der Waals surface area contributed by atoms with Crippen molar-refractivity contribution in [3.8, 4) is 28.7 Å². The number of rotatable bonds is 7. The van der Waals surface area contributed by atoms with E-state index >= 15 is 0 Å². The molecule has 0 aliphatic heterocycles. The molecular formula is C23H19F2N3O2. The first kappa shape index (κ1) is 19.6. The molecule has 0 atom stereocenters. The summed E-state index contributed by atoms with van der Waals surface area (Å²) in [6.07, 6.45) is 0.207. The summed E-state index contributed by atoms with van der Waals surface area (Å²) >= 11 is 0. The largest absolute Gasteiger partial charge is 0.489 e. The molecule has 0 saturated carbocycles. The number of aromatic nitrogens is 3. The molecule has 0 saturated heterocycles. The van der Waals surface area contributed by atoms with Crippen LogP contribution < -0.4 is 9.47 Å². The van der Waals surface area contributed by atoms with E-state index in [1.807, 2.05) is 30.3 Å². The van der Waals surface area contributed by atoms with Crippen molar-refractivity contribution in [2.45, 2.75) is 13.0 Å². The average Bonchev–Trinajstić information content (AvgIpc) is 3.25. The van der Waals surface area contributed by atoms with Crippen LogP contribution in [0.4, 0.5) is 8.78 Å². The normalized spacial score (nSPS) is 10.9. The Kier molecular flexibility index (Phi) is 5.70. The molecule has 4 rings (SSSR count). The third-order valence-electron chi connectivity index (χ3n) is 4.52. The summed E-state index contributed by atoms with van der Waals surface area (Å²) in [5.41, 5.74) is 2.05. The van der Waals surface area contributed by atoms with Gasteiger partial charge in [0.25, 0.3) is 6.43 Å². The molecule has 152 valence electrons. The first-order chi connectivity index (χ1) is 14.6. The van der Waals surface area contributed by atoms with Gasteiger partial charge < -0.3 is 9.47 Å². The second-order valence-electron chi connectivity index (χ2n) is 6.52. The third-order valence-corrected chi connectivity index (χ3v) is 4.52. The van der Waals surface area contributed by atoms with E-state index in [1.54, 1.807) is 47.2 Å². The van der Waals surface area contributed by atoms with Gasteiger partial charge in [-0.25, -0.2) is 18.7 Å². The SMILES string of the molecule is COc1ccc(-c2nc(C(F)F)cn2-c2ccc(OCc3ccccc3)cc2)cn1. The lowest BCUT2D eigenvalue weighted by molar-refractivity contribution is 0.146. The van der Waals surface area contributed by atoms with Crippen molar-refractivity contribution in [2.24, 2.45) is 0 Å². The Bertz CT molecular complexity index is 1100. The monoisotopic (exact) mass is 407 g/mol. The number of methoxy groups -OCH3 is 1. The fourth-order valence-corrected chi connectivity index (χ4v) is 2.98. The summed E-state index contributed by atoms with van der Waals surface area (Å²) in [6, 6.07) is 20.4. The molecule has 0 aliphatic carbocycles. The molecule has 0 aliphatic rings. The highest BCUT2D eigenvalue weighted by molar-refractivity contribution is 5.59. The van der Waals surface area contributed by atoms with Crippen LogP contribution in [-0.2, 0) is 6.61 Å². The Morgan fingerprint density at radius 1 is 0.967 bits per heavy atom. The van der Waals surface area contributed by atoms with Crippen LogP contribution in [-0.4, -0.2) is 21.6 Å². The number of imidazole rings is 1. The molecule has 0 bridgehead atoms. The topological polar surface area (TPSA) is 49.2 Å². The molecule has 30 heavy (non-hydrogen) atoms. The van der Waals surface area contributed by atoms with Gasteiger partial charge in [0.05, 0.1) is 7.11 Å². The van der Waals surface area contributed by atoms with E-state index in [9.17, 15) is 8.78 Å². The maximum Gasteiger partial charge on any atom is 0.281 e. The van der Waals surface area contributed by atoms with E-state index in [-0.39, 0.29) is 5.69 Å². The van der Waals surface area contributed by atoms with Crippen LogP contribution in [0.15, 0.2) is 79.1 Å². The molecule has 0 fully saturated rings. The highest BCUT2D eigenvalue weighted by atomic mass is 19.3. The number of hydrogen-bond donors (Lipinski definition) is 0. The minimum atomic E-state index is -2.68. The van der Waals surface area contributed by atoms with Gasteiger partial charge in [0.2, 0.25) is 5.88 Å². The summed E-state index contributed by atoms with van der Waals surface area (Å²) in [7, 11) is 1.51. The lowest BCUT2D eigenvalue weighted by Gasteiger charge is -2.10. The van der Waals surface area contributed by atoms with Gasteiger partial charge in [0, 0.05) is 29.7 Å². The van der Waals surface area contributed by atoms with Crippen LogP contribution >= 0.6 is 0 Å². The number of halogens is 2. The Balaban J connectivity index is 1.60. The van der Waals surface area contributed by atoms with Gasteiger partial charge in [0.1, 0.15) is 23.9 Å². The molecule has 0 radical (unpaired) electrons. The lowest BCUT2D eigenvalue weighted by Crippen LogP contribution is -1.98. The maximum atomic E-state index is 13.3. The lowest BCUT2D eigenvalue weighted by atomic mass is 10.2. The minimum Gasteiger partial charge on any atom is -0.489 e. The number of nitrogens with zero attached hydrogens (tertiary/aromatic N) is 3. The van der Waals surface area contributed by atoms with E-state index in [0.29, 0.717) is 35.3 Å². The van der Waals surface area contributed by atoms with E-state index in [0.717, 1.165) is 5.56 Å². The fourth-order valence-electron chi connectivity index (χ4n) is 2.98. The maximum absolute atomic E-state index is 13.3. The van der Waals surface area contributed by atoms with E-state index < -0.39 is 6.43 Å². The summed E-state index contributed by atoms with van der Waals surface area (Å²) < 4.78 is 39.1. The Labute approximate surface area is 172 Å². The Morgan fingerprint density at radius 3 is 2.37 bits per heavy atom. The zero-order valence-corrected chi connectivity index (χ0v) is 16.2. The van der Waals surface area contributed by atoms with Crippen LogP contribution in [0.25, 0.3) is 17.1 Å². The van der Waals surface area contributed by atoms with Crippen molar-refractivity contribution < 1.29 is 18.3 Å². The quantitative estimate of drug-likeness (QED) is 0.408. The fraction of sp³-hybridized carbons (Fsp3) is 0.130. The van der Waals surface area contributed by atoms with Crippen molar-refractivity contribution in [2.75, 3.05) is 7.11 Å². The summed E-state index contributed by atoms with van der Waals surface area (Å²) in [4.78, 5) is 8.26. The van der Waals surface area contributed by atoms with Crippen LogP contribution in [0.3, 0.4) is 0 Å². The molecule has 4 aromatic rings. The van der Waals surface area contributed by atoms with Gasteiger partial charge in [0.15, 0.2) is 0 Å². The van der Waals surface area contributed by atoms with Gasteiger partial charge in [-0.05, 0) is 35.9 Å². The predicted octanol–water partition coefficient (Wildman–Crippen LogP) is 5.46. The predicted molar refractivity (Wildman–Crippen MR) is 109 cm³/mol. The van der Waals surface area contributed by atoms with Gasteiger partial charge >= 0.3 is 0 Å². The Morgan fingerprint density at radius 2 is 1.73 bits per heavy atom. The van der Waals surface area contributed by atoms with Crippen LogP contribution in [0, 0.1) is 0 Å². The Hall–Kier alpha value is -3.74. The summed E-state index contributed by atoms with van der Waals surface area (Å²) in [5.74, 6) is 1.49. The van der Waals surface area contributed by atoms with Crippen molar-refractivity contribution in [3.05, 3.63) is 90.4 Å². The van der Waals surface area contributed by atoms with Crippen LogP contribution in [0.2, 0.25) is 0 Å². The van der Waals surface area contributed by atoms with Crippen LogP contribution in [0.5, 0.6) is 11.6 Å². The molecule has 2 heterocycles. The van der Waals surface area contributed by atoms with Crippen molar-refractivity contribution >= 4 is 0 Å². The molecule has 0 unspecified atom stereocenters. The van der Waals surface area contributed by atoms with E-state index in [4.69, 9.17) is 9.47 Å². The highest BCUT2D eigenvalue weighted by Crippen LogP contribution is 2.28. The molecule has 0 amide bonds. The number of pyridine rings is 1. The first-order valence-corrected chi connectivity index (χ1v) is 9.29. The number of benzene rings is 2. The van der Waals surface area contributed by atoms with Gasteiger partial charge in [-0.3, -0.25) is 4.57 Å². The standard InChI is InChI=1S/C23H19F2N3O2/c1-29-21-12-7-17(13-26-21)23-27-20(22(24)25)14-28(23)18-8-10-19(11-9-18)30-15-16-5-3-2-4-6-16/h2-14,22H,15H2,1H3. The van der Waals surface area contributed by atoms with Crippen LogP contribution in [0.1, 0.15) is 17.7 Å². The second kappa shape index (κ2) is 8.73. The highest BCUT2D eigenvalue weighted by Gasteiger charge is 2.18. The molecule has 7 heteroatoms. The van der Waals surface area contributed by atoms with Gasteiger partial charge in [-0.2, -0.15) is 0 Å². The summed E-state index contributed by atoms with van der Waals surface area (Å²) in [5, 5.41) is 0. The smallest absolute Gasteiger partial charge is 0.281 e. The van der Waals surface area contributed by atoms with E-state index in [1.165, 1.54) is 13.3 Å². The number of ether oxygens (including phenoxy) is 2. The average molecular weight is 407 g/mol. The molecular weight excluding hydrogens is 388 g/mol. The molecule has 2 aromatic heterocycles. The number of hydrogen-bond acceptors (Lipinski definition) is 4. The molecule has 0 spiro atoms. The van der Waals surface area contributed by atoms with Crippen molar-refractivity contribution in [1.29, 1.82) is 0 Å². The molecule has 5 nitrogen and oxygen atoms in total. The third kappa shape index (κ3) is 4.30. The first-order valence-electron chi connectivity index (χ1n) is 9.29. The summed E-state index contributed by atoms with van der Waals surface area (Å²) in [6.45, 7) is 0.448. The number of alkyl halides is 2. The van der Waals surface area contributed by atoms with Crippen molar-refractivity contribution in [3.63, 3.8) is 0 Å². The molecule has 2 aromatic carbocycles. The molecule has 0 N–H and O–H groups in total. The van der Waals surface area contributed by atoms with Gasteiger partial charge in [-0.15, -0.1) is 0 Å². The zero-order valence-electron chi connectivity index (χ0n) is 16.2. The minimum absolute atomic E-state index is 0.301. The zero-order chi connectivity index (χ0) is 20.9. The van der Waals surface area contributed by atoms with E-state index in [2.05, 4.69) is 9.97 Å². The van der Waals surface area contributed by atoms with Gasteiger partial charge in [-0.1, -0.05) is 30.3 Å². The van der Waals surface area contributed by atoms with Crippen molar-refractivity contribution in [1.82, 2.24) is 14.5 Å².